The molecule has 0 atom stereocenters. The van der Waals surface area contributed by atoms with Crippen LogP contribution in [0.2, 0.25) is 0 Å². The van der Waals surface area contributed by atoms with Crippen LogP contribution >= 0.6 is 27.3 Å². The van der Waals surface area contributed by atoms with Crippen LogP contribution in [-0.2, 0) is 7.05 Å². The van der Waals surface area contributed by atoms with Gasteiger partial charge in [-0.2, -0.15) is 5.10 Å². The van der Waals surface area contributed by atoms with E-state index in [0.29, 0.717) is 22.8 Å². The molecule has 1 N–H and O–H groups in total. The van der Waals surface area contributed by atoms with E-state index in [1.54, 1.807) is 13.3 Å². The molecular weight excluding hydrogens is 478 g/mol. The number of halogens is 1. The molecule has 1 aliphatic heterocycles. The first-order valence-electron chi connectivity index (χ1n) is 9.74. The lowest BCUT2D eigenvalue weighted by atomic mass is 9.93. The SMILES string of the molecule is CCCOc1ccc(C2=NN=CC2=C(c2ccccc2)c2sc(=O)n(C)c2O)cc1Br. The summed E-state index contributed by atoms with van der Waals surface area (Å²) in [5.74, 6) is 0.684. The van der Waals surface area contributed by atoms with Crippen LogP contribution in [0.4, 0.5) is 0 Å². The molecule has 2 aromatic carbocycles. The van der Waals surface area contributed by atoms with Gasteiger partial charge in [0.05, 0.1) is 17.3 Å². The van der Waals surface area contributed by atoms with Crippen molar-refractivity contribution in [2.45, 2.75) is 13.3 Å². The van der Waals surface area contributed by atoms with Crippen molar-refractivity contribution >= 4 is 44.8 Å². The van der Waals surface area contributed by atoms with Crippen LogP contribution in [0.15, 0.2) is 73.6 Å². The fraction of sp³-hybridized carbons (Fsp3) is 0.174. The predicted molar refractivity (Wildman–Crippen MR) is 129 cm³/mol. The van der Waals surface area contributed by atoms with Gasteiger partial charge in [0.1, 0.15) is 16.3 Å². The third kappa shape index (κ3) is 4.13. The largest absolute Gasteiger partial charge is 0.493 e. The number of rotatable bonds is 6. The van der Waals surface area contributed by atoms with Crippen molar-refractivity contribution in [1.29, 1.82) is 0 Å². The zero-order valence-electron chi connectivity index (χ0n) is 17.0. The van der Waals surface area contributed by atoms with Crippen molar-refractivity contribution in [3.8, 4) is 11.6 Å². The van der Waals surface area contributed by atoms with Crippen molar-refractivity contribution in [3.63, 3.8) is 0 Å². The van der Waals surface area contributed by atoms with Crippen LogP contribution in [0.5, 0.6) is 11.6 Å². The summed E-state index contributed by atoms with van der Waals surface area (Å²) in [5, 5.41) is 19.2. The van der Waals surface area contributed by atoms with Gasteiger partial charge in [0.25, 0.3) is 0 Å². The molecule has 0 amide bonds. The molecule has 0 bridgehead atoms. The Morgan fingerprint density at radius 3 is 2.65 bits per heavy atom. The molecule has 4 rings (SSSR count). The molecular formula is C23H20BrN3O3S. The van der Waals surface area contributed by atoms with E-state index in [4.69, 9.17) is 4.74 Å². The van der Waals surface area contributed by atoms with Crippen molar-refractivity contribution in [2.75, 3.05) is 6.61 Å². The molecule has 0 spiro atoms. The zero-order valence-corrected chi connectivity index (χ0v) is 19.4. The Hall–Kier alpha value is -2.97. The number of hydrogen-bond donors (Lipinski definition) is 1. The lowest BCUT2D eigenvalue weighted by Crippen LogP contribution is -2.07. The highest BCUT2D eigenvalue weighted by Crippen LogP contribution is 2.37. The van der Waals surface area contributed by atoms with Gasteiger partial charge in [0.2, 0.25) is 5.88 Å². The number of aromatic hydroxyl groups is 1. The van der Waals surface area contributed by atoms with Crippen LogP contribution in [-0.4, -0.2) is 28.2 Å². The van der Waals surface area contributed by atoms with Gasteiger partial charge in [-0.25, -0.2) is 0 Å². The van der Waals surface area contributed by atoms with E-state index >= 15 is 0 Å². The molecule has 0 saturated carbocycles. The molecule has 0 saturated heterocycles. The standard InChI is InChI=1S/C23H20BrN3O3S/c1-3-11-30-18-10-9-15(12-17(18)24)20-16(13-25-26-20)19(14-7-5-4-6-8-14)21-22(28)27(2)23(29)31-21/h4-10,12-13,28H,3,11H2,1-2H3. The molecule has 3 aromatic rings. The molecule has 2 heterocycles. The number of ether oxygens (including phenoxy) is 1. The van der Waals surface area contributed by atoms with Gasteiger partial charge in [-0.05, 0) is 46.1 Å². The summed E-state index contributed by atoms with van der Waals surface area (Å²) in [6.07, 6.45) is 2.59. The van der Waals surface area contributed by atoms with Gasteiger partial charge in [-0.15, -0.1) is 5.10 Å². The Kier molecular flexibility index (Phi) is 6.20. The van der Waals surface area contributed by atoms with Crippen LogP contribution in [0.3, 0.4) is 0 Å². The Bertz CT molecular complexity index is 1270. The van der Waals surface area contributed by atoms with E-state index in [-0.39, 0.29) is 10.8 Å². The summed E-state index contributed by atoms with van der Waals surface area (Å²) in [5.41, 5.74) is 3.81. The summed E-state index contributed by atoms with van der Waals surface area (Å²) in [6.45, 7) is 2.69. The van der Waals surface area contributed by atoms with Crippen molar-refractivity contribution in [3.05, 3.63) is 84.2 Å². The predicted octanol–water partition coefficient (Wildman–Crippen LogP) is 4.99. The topological polar surface area (TPSA) is 76.2 Å². The Morgan fingerprint density at radius 2 is 2.00 bits per heavy atom. The minimum atomic E-state index is -0.241. The number of thiazole rings is 1. The smallest absolute Gasteiger partial charge is 0.310 e. The van der Waals surface area contributed by atoms with Gasteiger partial charge in [-0.1, -0.05) is 48.6 Å². The second-order valence-corrected chi connectivity index (χ2v) is 8.74. The van der Waals surface area contributed by atoms with Gasteiger partial charge in [0.15, 0.2) is 0 Å². The van der Waals surface area contributed by atoms with Crippen molar-refractivity contribution in [1.82, 2.24) is 4.57 Å². The fourth-order valence-corrected chi connectivity index (χ4v) is 4.70. The molecule has 6 nitrogen and oxygen atoms in total. The maximum atomic E-state index is 12.2. The van der Waals surface area contributed by atoms with Crippen LogP contribution in [0, 0.1) is 0 Å². The number of hydrogen-bond acceptors (Lipinski definition) is 6. The maximum absolute atomic E-state index is 12.2. The summed E-state index contributed by atoms with van der Waals surface area (Å²) in [4.78, 5) is 12.5. The Labute approximate surface area is 192 Å². The van der Waals surface area contributed by atoms with Crippen molar-refractivity contribution in [2.24, 2.45) is 17.3 Å². The molecule has 0 unspecified atom stereocenters. The zero-order chi connectivity index (χ0) is 22.0. The van der Waals surface area contributed by atoms with E-state index in [1.807, 2.05) is 48.5 Å². The molecule has 0 fully saturated rings. The Morgan fingerprint density at radius 1 is 1.23 bits per heavy atom. The fourth-order valence-electron chi connectivity index (χ4n) is 3.25. The molecule has 158 valence electrons. The van der Waals surface area contributed by atoms with Crippen molar-refractivity contribution < 1.29 is 9.84 Å². The molecule has 0 aliphatic carbocycles. The number of allylic oxidation sites excluding steroid dienone is 1. The molecule has 31 heavy (non-hydrogen) atoms. The third-order valence-corrected chi connectivity index (χ3v) is 6.47. The highest BCUT2D eigenvalue weighted by Gasteiger charge is 2.25. The highest BCUT2D eigenvalue weighted by molar-refractivity contribution is 9.10. The lowest BCUT2D eigenvalue weighted by molar-refractivity contribution is 0.315. The van der Waals surface area contributed by atoms with E-state index < -0.39 is 0 Å². The summed E-state index contributed by atoms with van der Waals surface area (Å²) >= 11 is 4.57. The second-order valence-electron chi connectivity index (χ2n) is 6.92. The first kappa shape index (κ1) is 21.3. The highest BCUT2D eigenvalue weighted by atomic mass is 79.9. The number of benzene rings is 2. The summed E-state index contributed by atoms with van der Waals surface area (Å²) < 4.78 is 7.81. The first-order chi connectivity index (χ1) is 15.0. The minimum absolute atomic E-state index is 0.0782. The average molecular weight is 498 g/mol. The van der Waals surface area contributed by atoms with Gasteiger partial charge >= 0.3 is 4.87 Å². The molecule has 8 heteroatoms. The normalized spacial score (nSPS) is 14.6. The van der Waals surface area contributed by atoms with Crippen LogP contribution in [0.1, 0.15) is 29.3 Å². The van der Waals surface area contributed by atoms with Crippen LogP contribution in [0.25, 0.3) is 5.57 Å². The monoisotopic (exact) mass is 497 g/mol. The van der Waals surface area contributed by atoms with Crippen LogP contribution < -0.4 is 9.61 Å². The number of aromatic nitrogens is 1. The summed E-state index contributed by atoms with van der Waals surface area (Å²) in [6, 6.07) is 15.4. The van der Waals surface area contributed by atoms with E-state index in [9.17, 15) is 9.90 Å². The second kappa shape index (κ2) is 9.03. The van der Waals surface area contributed by atoms with Gasteiger partial charge in [0, 0.05) is 23.8 Å². The maximum Gasteiger partial charge on any atom is 0.310 e. The molecule has 1 aliphatic rings. The average Bonchev–Trinajstić information content (AvgIpc) is 3.35. The molecule has 1 aromatic heterocycles. The van der Waals surface area contributed by atoms with E-state index in [1.165, 1.54) is 4.57 Å². The van der Waals surface area contributed by atoms with E-state index in [0.717, 1.165) is 44.7 Å². The minimum Gasteiger partial charge on any atom is -0.493 e. The molecule has 0 radical (unpaired) electrons. The first-order valence-corrected chi connectivity index (χ1v) is 11.3. The summed E-state index contributed by atoms with van der Waals surface area (Å²) in [7, 11) is 1.55. The number of nitrogens with zero attached hydrogens (tertiary/aromatic N) is 3. The Balaban J connectivity index is 1.88. The lowest BCUT2D eigenvalue weighted by Gasteiger charge is -2.13. The van der Waals surface area contributed by atoms with Gasteiger partial charge in [-0.3, -0.25) is 9.36 Å². The van der Waals surface area contributed by atoms with Gasteiger partial charge < -0.3 is 9.84 Å². The van der Waals surface area contributed by atoms with E-state index in [2.05, 4.69) is 33.1 Å². The third-order valence-electron chi connectivity index (χ3n) is 4.81. The quantitative estimate of drug-likeness (QED) is 0.520.